The summed E-state index contributed by atoms with van der Waals surface area (Å²) in [6, 6.07) is 2.14. The fourth-order valence-corrected chi connectivity index (χ4v) is 6.96. The highest BCUT2D eigenvalue weighted by molar-refractivity contribution is 6.65. The van der Waals surface area contributed by atoms with E-state index >= 15 is 0 Å². The average molecular weight is 699 g/mol. The number of halogens is 2. The van der Waals surface area contributed by atoms with E-state index < -0.39 is 18.3 Å². The van der Waals surface area contributed by atoms with Gasteiger partial charge >= 0.3 is 7.12 Å². The second kappa shape index (κ2) is 18.6. The average Bonchev–Trinajstić information content (AvgIpc) is 3.48. The minimum atomic E-state index is -0.581. The van der Waals surface area contributed by atoms with Gasteiger partial charge in [0.05, 0.1) is 11.2 Å². The van der Waals surface area contributed by atoms with Crippen molar-refractivity contribution in [2.45, 2.75) is 128 Å². The van der Waals surface area contributed by atoms with E-state index in [0.717, 1.165) is 80.4 Å². The zero-order chi connectivity index (χ0) is 36.3. The molecule has 3 aliphatic heterocycles. The molecule has 5 rings (SSSR count). The fourth-order valence-electron chi connectivity index (χ4n) is 6.61. The molecule has 1 aliphatic carbocycles. The summed E-state index contributed by atoms with van der Waals surface area (Å²) in [7, 11) is -0.581. The Balaban J connectivity index is 0.000000390. The standard InChI is InChI=1S/C23H35BClN3O3.C9H18FN.2CH2O2/c1-22(2)23(3,4)31-24(30-22)21-16(13-27)18(28-19-7-5-6-10-29-19)12-17(25)20(21)15-11-14(15)8-9-26;1-9(2,3)11-6-4-5-8(11)7-10;2*2-1-3/h12-15,19,27-28H,5-11,26H2,1-4H3;8H,4-7H2,1-3H3;2*1H,(H,2,3). The van der Waals surface area contributed by atoms with Gasteiger partial charge in [0.15, 0.2) is 0 Å². The van der Waals surface area contributed by atoms with Gasteiger partial charge in [-0.3, -0.25) is 14.5 Å². The molecular formula is C34H57BClFN4O7. The first-order valence-corrected chi connectivity index (χ1v) is 17.2. The number of rotatable bonds is 8. The molecule has 4 fully saturated rings. The van der Waals surface area contributed by atoms with Crippen LogP contribution in [0.3, 0.4) is 0 Å². The van der Waals surface area contributed by atoms with E-state index in [1.807, 2.05) is 33.8 Å². The number of likely N-dealkylation sites (tertiary alicyclic amines) is 1. The third-order valence-corrected chi connectivity index (χ3v) is 10.1. The van der Waals surface area contributed by atoms with Gasteiger partial charge in [-0.1, -0.05) is 11.6 Å². The number of nitrogens with one attached hydrogen (secondary N) is 2. The largest absolute Gasteiger partial charge is 0.495 e. The number of carboxylic acid groups (broad SMARTS) is 2. The molecule has 6 N–H and O–H groups in total. The molecule has 0 bridgehead atoms. The maximum absolute atomic E-state index is 12.4. The van der Waals surface area contributed by atoms with Crippen LogP contribution in [0.1, 0.15) is 110 Å². The van der Waals surface area contributed by atoms with Gasteiger partial charge in [-0.05, 0) is 135 Å². The van der Waals surface area contributed by atoms with Crippen molar-refractivity contribution in [2.24, 2.45) is 11.7 Å². The summed E-state index contributed by atoms with van der Waals surface area (Å²) in [5, 5.41) is 26.2. The molecule has 14 heteroatoms. The highest BCUT2D eigenvalue weighted by Crippen LogP contribution is 2.52. The summed E-state index contributed by atoms with van der Waals surface area (Å²) in [6.07, 6.45) is 8.68. The molecule has 1 saturated carbocycles. The lowest BCUT2D eigenvalue weighted by molar-refractivity contribution is -0.123. The van der Waals surface area contributed by atoms with Crippen LogP contribution < -0.4 is 16.5 Å². The maximum Gasteiger partial charge on any atom is 0.495 e. The Morgan fingerprint density at radius 2 is 1.73 bits per heavy atom. The highest BCUT2D eigenvalue weighted by atomic mass is 35.5. The molecule has 0 amide bonds. The Labute approximate surface area is 291 Å². The molecule has 272 valence electrons. The third kappa shape index (κ3) is 10.9. The lowest BCUT2D eigenvalue weighted by Gasteiger charge is -2.35. The smallest absolute Gasteiger partial charge is 0.483 e. The van der Waals surface area contributed by atoms with Crippen LogP contribution in [0.25, 0.3) is 0 Å². The fraction of sp³-hybridized carbons (Fsp3) is 0.735. The van der Waals surface area contributed by atoms with Gasteiger partial charge in [0.1, 0.15) is 12.9 Å². The van der Waals surface area contributed by atoms with Crippen LogP contribution in [0.5, 0.6) is 0 Å². The van der Waals surface area contributed by atoms with Crippen molar-refractivity contribution in [3.05, 3.63) is 22.2 Å². The van der Waals surface area contributed by atoms with Gasteiger partial charge in [0.2, 0.25) is 0 Å². The molecule has 0 radical (unpaired) electrons. The third-order valence-electron chi connectivity index (χ3n) is 9.78. The number of nitrogens with zero attached hydrogens (tertiary/aromatic N) is 1. The number of nitrogens with two attached hydrogens (primary N) is 1. The SMILES string of the molecule is CC(C)(C)N1CCCC1CF.CC1(C)OB(c2c(C=N)c(NC3CCCCO3)cc(Cl)c2C2CC2CCN)OC1(C)C.O=CO.O=CO. The van der Waals surface area contributed by atoms with E-state index in [-0.39, 0.29) is 37.4 Å². The van der Waals surface area contributed by atoms with Gasteiger partial charge < -0.3 is 40.7 Å². The van der Waals surface area contributed by atoms with Crippen LogP contribution in [0.2, 0.25) is 5.02 Å². The number of hydrogen-bond donors (Lipinski definition) is 5. The van der Waals surface area contributed by atoms with E-state index in [0.29, 0.717) is 23.4 Å². The first kappa shape index (κ1) is 41.9. The molecule has 48 heavy (non-hydrogen) atoms. The first-order valence-electron chi connectivity index (χ1n) is 16.9. The van der Waals surface area contributed by atoms with Gasteiger partial charge in [-0.25, -0.2) is 4.39 Å². The zero-order valence-electron chi connectivity index (χ0n) is 29.7. The van der Waals surface area contributed by atoms with Gasteiger partial charge in [-0.2, -0.15) is 0 Å². The van der Waals surface area contributed by atoms with E-state index in [4.69, 9.17) is 56.6 Å². The monoisotopic (exact) mass is 698 g/mol. The Morgan fingerprint density at radius 1 is 1.12 bits per heavy atom. The summed E-state index contributed by atoms with van der Waals surface area (Å²) in [5.41, 5.74) is 8.51. The Kier molecular flexibility index (Phi) is 16.3. The van der Waals surface area contributed by atoms with Crippen molar-refractivity contribution >= 4 is 49.0 Å². The van der Waals surface area contributed by atoms with Gasteiger partial charge in [-0.15, -0.1) is 0 Å². The lowest BCUT2D eigenvalue weighted by atomic mass is 9.71. The second-order valence-electron chi connectivity index (χ2n) is 14.6. The van der Waals surface area contributed by atoms with Gasteiger partial charge in [0, 0.05) is 40.7 Å². The predicted molar refractivity (Wildman–Crippen MR) is 190 cm³/mol. The van der Waals surface area contributed by atoms with Crippen LogP contribution in [0.4, 0.5) is 10.1 Å². The molecule has 4 aliphatic rings. The molecular weight excluding hydrogens is 642 g/mol. The van der Waals surface area contributed by atoms with Crippen LogP contribution >= 0.6 is 11.6 Å². The van der Waals surface area contributed by atoms with Crippen LogP contribution in [0, 0.1) is 11.3 Å². The molecule has 1 aromatic carbocycles. The number of benzene rings is 1. The second-order valence-corrected chi connectivity index (χ2v) is 15.0. The Hall–Kier alpha value is -2.29. The zero-order valence-corrected chi connectivity index (χ0v) is 30.4. The minimum absolute atomic E-state index is 0.0774. The van der Waals surface area contributed by atoms with Crippen molar-refractivity contribution < 1.29 is 38.2 Å². The normalized spacial score (nSPS) is 25.7. The molecule has 0 aromatic heterocycles. The van der Waals surface area contributed by atoms with Gasteiger partial charge in [0.25, 0.3) is 12.9 Å². The first-order chi connectivity index (χ1) is 22.6. The minimum Gasteiger partial charge on any atom is -0.483 e. The summed E-state index contributed by atoms with van der Waals surface area (Å²) in [5.74, 6) is 0.839. The van der Waals surface area contributed by atoms with Crippen molar-refractivity contribution in [1.82, 2.24) is 4.90 Å². The van der Waals surface area contributed by atoms with E-state index in [1.54, 1.807) is 0 Å². The molecule has 4 atom stereocenters. The Bertz CT molecular complexity index is 1180. The number of hydrogen-bond acceptors (Lipinski definition) is 9. The number of alkyl halides is 1. The number of carbonyl (C=O) groups is 2. The van der Waals surface area contributed by atoms with Crippen molar-refractivity contribution in [1.29, 1.82) is 5.41 Å². The number of anilines is 1. The molecule has 11 nitrogen and oxygen atoms in total. The highest BCUT2D eigenvalue weighted by Gasteiger charge is 2.54. The summed E-state index contributed by atoms with van der Waals surface area (Å²) >= 11 is 6.90. The Morgan fingerprint density at radius 3 is 2.19 bits per heavy atom. The predicted octanol–water partition coefficient (Wildman–Crippen LogP) is 5.65. The molecule has 0 spiro atoms. The summed E-state index contributed by atoms with van der Waals surface area (Å²) in [4.78, 5) is 19.0. The van der Waals surface area contributed by atoms with Crippen LogP contribution in [-0.4, -0.2) is 96.8 Å². The van der Waals surface area contributed by atoms with Crippen LogP contribution in [0.15, 0.2) is 6.07 Å². The molecule has 1 aromatic rings. The van der Waals surface area contributed by atoms with E-state index in [1.165, 1.54) is 6.21 Å². The van der Waals surface area contributed by atoms with E-state index in [9.17, 15) is 4.39 Å². The molecule has 4 unspecified atom stereocenters. The summed E-state index contributed by atoms with van der Waals surface area (Å²) < 4.78 is 31.2. The van der Waals surface area contributed by atoms with Crippen LogP contribution in [-0.2, 0) is 23.6 Å². The lowest BCUT2D eigenvalue weighted by Crippen LogP contribution is -2.45. The van der Waals surface area contributed by atoms with Crippen molar-refractivity contribution in [2.75, 3.05) is 31.7 Å². The van der Waals surface area contributed by atoms with Crippen molar-refractivity contribution in [3.63, 3.8) is 0 Å². The summed E-state index contributed by atoms with van der Waals surface area (Å²) in [6.45, 7) is 16.4. The van der Waals surface area contributed by atoms with E-state index in [2.05, 4.69) is 31.0 Å². The maximum atomic E-state index is 12.4. The topological polar surface area (TPSA) is 167 Å². The number of ether oxygens (including phenoxy) is 1. The molecule has 3 heterocycles. The quantitative estimate of drug-likeness (QED) is 0.130. The molecule has 3 saturated heterocycles. The van der Waals surface area contributed by atoms with Crippen molar-refractivity contribution in [3.8, 4) is 0 Å².